The number of isocyanates is 1. The third-order valence-electron chi connectivity index (χ3n) is 1.79. The highest BCUT2D eigenvalue weighted by Gasteiger charge is 2.13. The van der Waals surface area contributed by atoms with Crippen molar-refractivity contribution in [3.05, 3.63) is 29.8 Å². The van der Waals surface area contributed by atoms with Gasteiger partial charge in [0, 0.05) is 5.56 Å². The standard InChI is InChI=1S/C10H10FNO2/c1-14-10-5-3-2-4-8(10)9(11)6-12-7-13/h2-5,9H,6H2,1H3. The minimum Gasteiger partial charge on any atom is -0.496 e. The summed E-state index contributed by atoms with van der Waals surface area (Å²) in [7, 11) is 1.47. The van der Waals surface area contributed by atoms with E-state index in [4.69, 9.17) is 4.74 Å². The maximum atomic E-state index is 13.4. The molecule has 0 saturated heterocycles. The van der Waals surface area contributed by atoms with Gasteiger partial charge in [0.15, 0.2) is 0 Å². The zero-order valence-electron chi connectivity index (χ0n) is 7.74. The van der Waals surface area contributed by atoms with Crippen LogP contribution in [0.25, 0.3) is 0 Å². The van der Waals surface area contributed by atoms with Gasteiger partial charge in [-0.25, -0.2) is 14.2 Å². The normalized spacial score (nSPS) is 11.6. The minimum atomic E-state index is -1.33. The fourth-order valence-electron chi connectivity index (χ4n) is 1.14. The SMILES string of the molecule is COc1ccccc1C(F)CN=C=O. The van der Waals surface area contributed by atoms with Gasteiger partial charge < -0.3 is 4.74 Å². The summed E-state index contributed by atoms with van der Waals surface area (Å²) in [6.07, 6.45) is -0.0263. The van der Waals surface area contributed by atoms with Crippen LogP contribution < -0.4 is 4.74 Å². The van der Waals surface area contributed by atoms with Crippen molar-refractivity contribution in [3.63, 3.8) is 0 Å². The minimum absolute atomic E-state index is 0.218. The number of aliphatic imine (C=N–C) groups is 1. The summed E-state index contributed by atoms with van der Waals surface area (Å²) in [5, 5.41) is 0. The Morgan fingerprint density at radius 1 is 1.57 bits per heavy atom. The highest BCUT2D eigenvalue weighted by atomic mass is 19.1. The van der Waals surface area contributed by atoms with E-state index in [1.54, 1.807) is 24.3 Å². The molecule has 14 heavy (non-hydrogen) atoms. The van der Waals surface area contributed by atoms with E-state index in [-0.39, 0.29) is 6.54 Å². The third kappa shape index (κ3) is 2.41. The number of methoxy groups -OCH3 is 1. The van der Waals surface area contributed by atoms with Crippen molar-refractivity contribution in [1.82, 2.24) is 0 Å². The maximum Gasteiger partial charge on any atom is 0.235 e. The summed E-state index contributed by atoms with van der Waals surface area (Å²) in [6.45, 7) is -0.218. The number of benzene rings is 1. The summed E-state index contributed by atoms with van der Waals surface area (Å²) in [4.78, 5) is 13.0. The molecule has 0 aromatic heterocycles. The molecule has 1 atom stereocenters. The summed E-state index contributed by atoms with van der Waals surface area (Å²) in [5.74, 6) is 0.459. The predicted molar refractivity (Wildman–Crippen MR) is 49.8 cm³/mol. The maximum absolute atomic E-state index is 13.4. The Balaban J connectivity index is 2.87. The molecule has 0 fully saturated rings. The fourth-order valence-corrected chi connectivity index (χ4v) is 1.14. The van der Waals surface area contributed by atoms with Crippen LogP contribution in [0.4, 0.5) is 4.39 Å². The van der Waals surface area contributed by atoms with Crippen LogP contribution in [0.3, 0.4) is 0 Å². The molecule has 1 aromatic rings. The monoisotopic (exact) mass is 195 g/mol. The Morgan fingerprint density at radius 2 is 2.29 bits per heavy atom. The van der Waals surface area contributed by atoms with Gasteiger partial charge in [0.1, 0.15) is 11.9 Å². The van der Waals surface area contributed by atoms with E-state index < -0.39 is 6.17 Å². The zero-order chi connectivity index (χ0) is 10.4. The number of nitrogens with zero attached hydrogens (tertiary/aromatic N) is 1. The first-order valence-corrected chi connectivity index (χ1v) is 4.10. The number of ether oxygens (including phenoxy) is 1. The highest BCUT2D eigenvalue weighted by Crippen LogP contribution is 2.27. The molecule has 4 heteroatoms. The molecule has 0 aliphatic rings. The topological polar surface area (TPSA) is 38.7 Å². The largest absolute Gasteiger partial charge is 0.496 e. The summed E-state index contributed by atoms with van der Waals surface area (Å²) >= 11 is 0. The van der Waals surface area contributed by atoms with Gasteiger partial charge in [0.05, 0.1) is 13.7 Å². The van der Waals surface area contributed by atoms with E-state index in [9.17, 15) is 9.18 Å². The van der Waals surface area contributed by atoms with Crippen LogP contribution in [0, 0.1) is 0 Å². The van der Waals surface area contributed by atoms with Crippen molar-refractivity contribution in [1.29, 1.82) is 0 Å². The number of hydrogen-bond acceptors (Lipinski definition) is 3. The van der Waals surface area contributed by atoms with E-state index >= 15 is 0 Å². The van der Waals surface area contributed by atoms with Crippen molar-refractivity contribution < 1.29 is 13.9 Å². The van der Waals surface area contributed by atoms with Gasteiger partial charge in [-0.2, -0.15) is 0 Å². The average Bonchev–Trinajstić information content (AvgIpc) is 2.25. The lowest BCUT2D eigenvalue weighted by molar-refractivity contribution is 0.331. The molecule has 0 radical (unpaired) electrons. The van der Waals surface area contributed by atoms with Crippen molar-refractivity contribution in [3.8, 4) is 5.75 Å². The number of rotatable bonds is 4. The molecule has 0 N–H and O–H groups in total. The number of para-hydroxylation sites is 1. The highest BCUT2D eigenvalue weighted by molar-refractivity contribution is 5.37. The van der Waals surface area contributed by atoms with E-state index in [2.05, 4.69) is 4.99 Å². The Labute approximate surface area is 81.2 Å². The molecular weight excluding hydrogens is 185 g/mol. The summed E-state index contributed by atoms with van der Waals surface area (Å²) < 4.78 is 18.4. The second-order valence-electron chi connectivity index (χ2n) is 2.64. The zero-order valence-corrected chi connectivity index (χ0v) is 7.74. The molecule has 0 spiro atoms. The molecule has 0 heterocycles. The van der Waals surface area contributed by atoms with Crippen LogP contribution >= 0.6 is 0 Å². The quantitative estimate of drug-likeness (QED) is 0.544. The van der Waals surface area contributed by atoms with Gasteiger partial charge in [-0.3, -0.25) is 0 Å². The number of hydrogen-bond donors (Lipinski definition) is 0. The van der Waals surface area contributed by atoms with Gasteiger partial charge >= 0.3 is 0 Å². The van der Waals surface area contributed by atoms with Crippen molar-refractivity contribution >= 4 is 6.08 Å². The Bertz CT molecular complexity index is 348. The first-order chi connectivity index (χ1) is 6.79. The molecule has 74 valence electrons. The van der Waals surface area contributed by atoms with Crippen LogP contribution in [-0.2, 0) is 4.79 Å². The smallest absolute Gasteiger partial charge is 0.235 e. The molecule has 0 aliphatic heterocycles. The fraction of sp³-hybridized carbons (Fsp3) is 0.300. The van der Waals surface area contributed by atoms with Gasteiger partial charge in [-0.15, -0.1) is 0 Å². The van der Waals surface area contributed by atoms with Crippen molar-refractivity contribution in [2.75, 3.05) is 13.7 Å². The van der Waals surface area contributed by atoms with Crippen LogP contribution in [0.5, 0.6) is 5.75 Å². The van der Waals surface area contributed by atoms with Crippen LogP contribution in [-0.4, -0.2) is 19.7 Å². The number of carbonyl (C=O) groups excluding carboxylic acids is 1. The molecular formula is C10H10FNO2. The Kier molecular flexibility index (Phi) is 3.83. The second-order valence-corrected chi connectivity index (χ2v) is 2.64. The molecule has 0 saturated carbocycles. The van der Waals surface area contributed by atoms with E-state index in [0.717, 1.165) is 0 Å². The van der Waals surface area contributed by atoms with Crippen LogP contribution in [0.15, 0.2) is 29.3 Å². The number of alkyl halides is 1. The Hall–Kier alpha value is -1.67. The first kappa shape index (κ1) is 10.4. The lowest BCUT2D eigenvalue weighted by Crippen LogP contribution is -1.99. The molecule has 1 rings (SSSR count). The van der Waals surface area contributed by atoms with Crippen molar-refractivity contribution in [2.24, 2.45) is 4.99 Å². The van der Waals surface area contributed by atoms with Gasteiger partial charge in [-0.05, 0) is 6.07 Å². The second kappa shape index (κ2) is 5.14. The lowest BCUT2D eigenvalue weighted by Gasteiger charge is -2.09. The van der Waals surface area contributed by atoms with Crippen LogP contribution in [0.1, 0.15) is 11.7 Å². The molecule has 0 bridgehead atoms. The summed E-state index contributed by atoms with van der Waals surface area (Å²) in [5.41, 5.74) is 0.397. The molecule has 1 unspecified atom stereocenters. The van der Waals surface area contributed by atoms with Gasteiger partial charge in [0.25, 0.3) is 0 Å². The van der Waals surface area contributed by atoms with E-state index in [0.29, 0.717) is 11.3 Å². The van der Waals surface area contributed by atoms with Gasteiger partial charge in [-0.1, -0.05) is 18.2 Å². The Morgan fingerprint density at radius 3 is 2.93 bits per heavy atom. The third-order valence-corrected chi connectivity index (χ3v) is 1.79. The summed E-state index contributed by atoms with van der Waals surface area (Å²) in [6, 6.07) is 6.71. The van der Waals surface area contributed by atoms with Crippen molar-refractivity contribution in [2.45, 2.75) is 6.17 Å². The average molecular weight is 195 g/mol. The number of halogens is 1. The molecule has 1 aromatic carbocycles. The van der Waals surface area contributed by atoms with E-state index in [1.807, 2.05) is 0 Å². The molecule has 3 nitrogen and oxygen atoms in total. The van der Waals surface area contributed by atoms with Crippen LogP contribution in [0.2, 0.25) is 0 Å². The molecule has 0 amide bonds. The lowest BCUT2D eigenvalue weighted by atomic mass is 10.1. The predicted octanol–water partition coefficient (Wildman–Crippen LogP) is 2.04. The first-order valence-electron chi connectivity index (χ1n) is 4.10. The van der Waals surface area contributed by atoms with Gasteiger partial charge in [0.2, 0.25) is 6.08 Å². The van der Waals surface area contributed by atoms with E-state index in [1.165, 1.54) is 13.2 Å². The molecule has 0 aliphatic carbocycles.